The van der Waals surface area contributed by atoms with Crippen LogP contribution in [0.3, 0.4) is 0 Å². The smallest absolute Gasteiger partial charge is 0.337 e. The number of hydrogen-bond donors (Lipinski definition) is 1. The molecule has 6 nitrogen and oxygen atoms in total. The van der Waals surface area contributed by atoms with Crippen LogP contribution in [-0.2, 0) is 21.3 Å². The summed E-state index contributed by atoms with van der Waals surface area (Å²) in [5, 5.41) is 0. The minimum Gasteiger partial charge on any atom is -0.465 e. The number of rotatable bonds is 6. The lowest BCUT2D eigenvalue weighted by Gasteiger charge is -2.32. The molecule has 1 fully saturated rings. The van der Waals surface area contributed by atoms with Gasteiger partial charge in [-0.25, -0.2) is 17.9 Å². The summed E-state index contributed by atoms with van der Waals surface area (Å²) in [6.07, 6.45) is 2.47. The molecule has 150 valence electrons. The molecule has 1 N–H and O–H groups in total. The minimum absolute atomic E-state index is 0.0364. The fourth-order valence-corrected chi connectivity index (χ4v) is 4.48. The quantitative estimate of drug-likeness (QED) is 0.751. The lowest BCUT2D eigenvalue weighted by atomic mass is 9.99. The fraction of sp³-hybridized carbons (Fsp3) is 0.381. The molecule has 3 rings (SSSR count). The molecule has 1 aliphatic rings. The largest absolute Gasteiger partial charge is 0.465 e. The molecule has 1 heterocycles. The van der Waals surface area contributed by atoms with Crippen molar-refractivity contribution in [1.29, 1.82) is 0 Å². The maximum absolute atomic E-state index is 12.5. The zero-order valence-electron chi connectivity index (χ0n) is 16.2. The summed E-state index contributed by atoms with van der Waals surface area (Å²) in [5.41, 5.74) is 2.25. The Morgan fingerprint density at radius 3 is 2.64 bits per heavy atom. The van der Waals surface area contributed by atoms with Gasteiger partial charge >= 0.3 is 5.97 Å². The average molecular weight is 403 g/mol. The van der Waals surface area contributed by atoms with Crippen molar-refractivity contribution in [3.63, 3.8) is 0 Å². The Morgan fingerprint density at radius 1 is 1.21 bits per heavy atom. The van der Waals surface area contributed by atoms with Crippen LogP contribution in [-0.4, -0.2) is 34.6 Å². The first-order chi connectivity index (χ1) is 13.4. The van der Waals surface area contributed by atoms with Gasteiger partial charge in [0.2, 0.25) is 10.0 Å². The van der Waals surface area contributed by atoms with Crippen molar-refractivity contribution < 1.29 is 17.9 Å². The van der Waals surface area contributed by atoms with Gasteiger partial charge in [-0.05, 0) is 54.7 Å². The van der Waals surface area contributed by atoms with E-state index in [2.05, 4.69) is 21.3 Å². The number of carbonyl (C=O) groups is 1. The summed E-state index contributed by atoms with van der Waals surface area (Å²) in [6, 6.07) is 13.8. The first kappa shape index (κ1) is 20.4. The zero-order chi connectivity index (χ0) is 20.1. The van der Waals surface area contributed by atoms with Gasteiger partial charge in [0.05, 0.1) is 17.6 Å². The second-order valence-corrected chi connectivity index (χ2v) is 8.97. The maximum atomic E-state index is 12.5. The highest BCUT2D eigenvalue weighted by Crippen LogP contribution is 2.23. The first-order valence-electron chi connectivity index (χ1n) is 9.41. The number of hydrogen-bond acceptors (Lipinski definition) is 5. The Bertz CT molecular complexity index is 926. The van der Waals surface area contributed by atoms with Crippen LogP contribution in [0.4, 0.5) is 5.69 Å². The highest BCUT2D eigenvalue weighted by Gasteiger charge is 2.18. The topological polar surface area (TPSA) is 75.7 Å². The van der Waals surface area contributed by atoms with Crippen LogP contribution < -0.4 is 9.62 Å². The molecule has 7 heteroatoms. The van der Waals surface area contributed by atoms with Crippen LogP contribution in [0.1, 0.15) is 35.7 Å². The van der Waals surface area contributed by atoms with Crippen molar-refractivity contribution >= 4 is 21.7 Å². The number of sulfonamides is 1. The van der Waals surface area contributed by atoms with E-state index in [-0.39, 0.29) is 17.0 Å². The molecule has 0 bridgehead atoms. The van der Waals surface area contributed by atoms with Crippen LogP contribution >= 0.6 is 0 Å². The van der Waals surface area contributed by atoms with Crippen molar-refractivity contribution in [2.24, 2.45) is 5.92 Å². The highest BCUT2D eigenvalue weighted by molar-refractivity contribution is 7.89. The van der Waals surface area contributed by atoms with Gasteiger partial charge in [-0.3, -0.25) is 0 Å². The third-order valence-electron chi connectivity index (χ3n) is 4.99. The monoisotopic (exact) mass is 402 g/mol. The minimum atomic E-state index is -3.73. The lowest BCUT2D eigenvalue weighted by molar-refractivity contribution is 0.0600. The van der Waals surface area contributed by atoms with E-state index < -0.39 is 16.0 Å². The van der Waals surface area contributed by atoms with Crippen LogP contribution in [0.2, 0.25) is 0 Å². The molecule has 0 aromatic heterocycles. The normalized spacial score (nSPS) is 17.4. The Balaban J connectivity index is 1.65. The molecule has 0 aliphatic carbocycles. The summed E-state index contributed by atoms with van der Waals surface area (Å²) in [5.74, 6) is 0.126. The molecule has 0 saturated carbocycles. The molecular formula is C21H26N2O4S. The summed E-state index contributed by atoms with van der Waals surface area (Å²) in [7, 11) is -2.47. The number of piperidine rings is 1. The van der Waals surface area contributed by atoms with E-state index in [1.165, 1.54) is 49.9 Å². The number of nitrogens with zero attached hydrogens (tertiary/aromatic N) is 1. The lowest BCUT2D eigenvalue weighted by Crippen LogP contribution is -2.34. The van der Waals surface area contributed by atoms with Gasteiger partial charge in [0.15, 0.2) is 0 Å². The van der Waals surface area contributed by atoms with Crippen molar-refractivity contribution in [2.45, 2.75) is 31.2 Å². The number of esters is 1. The van der Waals surface area contributed by atoms with Gasteiger partial charge in [0, 0.05) is 25.3 Å². The molecule has 28 heavy (non-hydrogen) atoms. The third kappa shape index (κ3) is 4.91. The maximum Gasteiger partial charge on any atom is 0.337 e. The van der Waals surface area contributed by atoms with Gasteiger partial charge in [-0.2, -0.15) is 0 Å². The van der Waals surface area contributed by atoms with Crippen LogP contribution in [0.25, 0.3) is 0 Å². The van der Waals surface area contributed by atoms with Gasteiger partial charge in [-0.1, -0.05) is 25.1 Å². The van der Waals surface area contributed by atoms with E-state index >= 15 is 0 Å². The summed E-state index contributed by atoms with van der Waals surface area (Å²) in [4.78, 5) is 14.0. The molecule has 0 amide bonds. The summed E-state index contributed by atoms with van der Waals surface area (Å²) < 4.78 is 32.3. The van der Waals surface area contributed by atoms with E-state index in [0.717, 1.165) is 18.7 Å². The summed E-state index contributed by atoms with van der Waals surface area (Å²) in [6.45, 7) is 4.57. The molecule has 0 radical (unpaired) electrons. The second-order valence-electron chi connectivity index (χ2n) is 7.20. The molecule has 2 aromatic rings. The molecule has 0 spiro atoms. The van der Waals surface area contributed by atoms with Crippen LogP contribution in [0.15, 0.2) is 53.4 Å². The zero-order valence-corrected chi connectivity index (χ0v) is 17.0. The van der Waals surface area contributed by atoms with Crippen molar-refractivity contribution in [1.82, 2.24) is 4.72 Å². The molecule has 1 atom stereocenters. The summed E-state index contributed by atoms with van der Waals surface area (Å²) >= 11 is 0. The second kappa shape index (κ2) is 8.75. The fourth-order valence-electron chi connectivity index (χ4n) is 3.42. The van der Waals surface area contributed by atoms with Crippen molar-refractivity contribution in [3.05, 3.63) is 59.7 Å². The number of nitrogens with one attached hydrogen (secondary N) is 1. The van der Waals surface area contributed by atoms with Gasteiger partial charge < -0.3 is 9.64 Å². The molecule has 2 aromatic carbocycles. The molecular weight excluding hydrogens is 376 g/mol. The van der Waals surface area contributed by atoms with E-state index in [0.29, 0.717) is 5.92 Å². The number of methoxy groups -OCH3 is 1. The van der Waals surface area contributed by atoms with E-state index in [1.54, 1.807) is 0 Å². The standard InChI is InChI=1S/C21H26N2O4S/c1-16-5-4-12-23(15-16)19-10-8-17(9-11-19)14-22-28(25,26)20-7-3-6-18(13-20)21(24)27-2/h3,6-11,13,16,22H,4-5,12,14-15H2,1-2H3. The SMILES string of the molecule is COC(=O)c1cccc(S(=O)(=O)NCc2ccc(N3CCCC(C)C3)cc2)c1. The Labute approximate surface area is 166 Å². The number of ether oxygens (including phenoxy) is 1. The third-order valence-corrected chi connectivity index (χ3v) is 6.39. The molecule has 1 aliphatic heterocycles. The van der Waals surface area contributed by atoms with E-state index in [9.17, 15) is 13.2 Å². The Morgan fingerprint density at radius 2 is 1.96 bits per heavy atom. The van der Waals surface area contributed by atoms with Crippen molar-refractivity contribution in [3.8, 4) is 0 Å². The Kier molecular flexibility index (Phi) is 6.36. The first-order valence-corrected chi connectivity index (χ1v) is 10.9. The number of benzene rings is 2. The van der Waals surface area contributed by atoms with Gasteiger partial charge in [-0.15, -0.1) is 0 Å². The molecule has 1 saturated heterocycles. The highest BCUT2D eigenvalue weighted by atomic mass is 32.2. The van der Waals surface area contributed by atoms with Crippen LogP contribution in [0.5, 0.6) is 0 Å². The van der Waals surface area contributed by atoms with Gasteiger partial charge in [0.1, 0.15) is 0 Å². The predicted octanol–water partition coefficient (Wildman–Crippen LogP) is 3.19. The molecule has 1 unspecified atom stereocenters. The van der Waals surface area contributed by atoms with Gasteiger partial charge in [0.25, 0.3) is 0 Å². The van der Waals surface area contributed by atoms with Crippen LogP contribution in [0, 0.1) is 5.92 Å². The predicted molar refractivity (Wildman–Crippen MR) is 109 cm³/mol. The number of anilines is 1. The van der Waals surface area contributed by atoms with Crippen molar-refractivity contribution in [2.75, 3.05) is 25.1 Å². The average Bonchev–Trinajstić information content (AvgIpc) is 2.72. The van der Waals surface area contributed by atoms with E-state index in [1.807, 2.05) is 24.3 Å². The Hall–Kier alpha value is -2.38. The number of carbonyl (C=O) groups excluding carboxylic acids is 1. The van der Waals surface area contributed by atoms with E-state index in [4.69, 9.17) is 0 Å².